The van der Waals surface area contributed by atoms with E-state index in [9.17, 15) is 0 Å². The highest BCUT2D eigenvalue weighted by molar-refractivity contribution is 7.99. The summed E-state index contributed by atoms with van der Waals surface area (Å²) in [4.78, 5) is 12.8. The first-order chi connectivity index (χ1) is 7.24. The molecule has 0 bridgehead atoms. The Bertz CT molecular complexity index is 443. The van der Waals surface area contributed by atoms with Gasteiger partial charge in [0.15, 0.2) is 0 Å². The fraction of sp³-hybridized carbons (Fsp3) is 0. The van der Waals surface area contributed by atoms with Crippen molar-refractivity contribution in [3.63, 3.8) is 0 Å². The quantitative estimate of drug-likeness (QED) is 0.813. The van der Waals surface area contributed by atoms with Crippen LogP contribution in [0.4, 0.5) is 5.95 Å². The van der Waals surface area contributed by atoms with Gasteiger partial charge in [0, 0.05) is 23.4 Å². The zero-order chi connectivity index (χ0) is 10.7. The summed E-state index contributed by atoms with van der Waals surface area (Å²) in [6, 6.07) is 5.44. The molecule has 2 heterocycles. The van der Waals surface area contributed by atoms with E-state index in [-0.39, 0.29) is 5.95 Å². The number of nitrogens with two attached hydrogens (primary N) is 1. The van der Waals surface area contributed by atoms with Gasteiger partial charge in [-0.25, -0.2) is 9.97 Å². The number of nitrogens with zero attached hydrogens (tertiary/aromatic N) is 3. The van der Waals surface area contributed by atoms with E-state index < -0.39 is 0 Å². The van der Waals surface area contributed by atoms with E-state index in [1.54, 1.807) is 18.5 Å². The van der Waals surface area contributed by atoms with Gasteiger partial charge in [-0.15, -0.1) is 0 Å². The minimum absolute atomic E-state index is 0.180. The zero-order valence-corrected chi connectivity index (χ0v) is 9.16. The maximum atomic E-state index is 5.76. The molecule has 0 amide bonds. The van der Waals surface area contributed by atoms with Gasteiger partial charge < -0.3 is 5.73 Å². The van der Waals surface area contributed by atoms with Crippen molar-refractivity contribution >= 4 is 29.3 Å². The van der Waals surface area contributed by atoms with Crippen molar-refractivity contribution in [1.82, 2.24) is 15.0 Å². The molecule has 0 spiro atoms. The van der Waals surface area contributed by atoms with Crippen LogP contribution in [0.15, 0.2) is 40.5 Å². The molecule has 0 aliphatic heterocycles. The number of hydrogen-bond acceptors (Lipinski definition) is 5. The van der Waals surface area contributed by atoms with Crippen molar-refractivity contribution in [3.8, 4) is 0 Å². The normalized spacial score (nSPS) is 10.2. The SMILES string of the molecule is Nc1nc(Cl)cc(Sc2ccncc2)n1. The lowest BCUT2D eigenvalue weighted by Gasteiger charge is -2.01. The lowest BCUT2D eigenvalue weighted by molar-refractivity contribution is 1.06. The molecule has 2 N–H and O–H groups in total. The molecular formula is C9H7ClN4S. The summed E-state index contributed by atoms with van der Waals surface area (Å²) in [6.45, 7) is 0. The molecule has 2 aromatic heterocycles. The van der Waals surface area contributed by atoms with E-state index in [0.29, 0.717) is 5.15 Å². The lowest BCUT2D eigenvalue weighted by Crippen LogP contribution is -1.95. The molecule has 0 saturated heterocycles. The second kappa shape index (κ2) is 4.46. The second-order valence-electron chi connectivity index (χ2n) is 2.67. The molecule has 4 nitrogen and oxygen atoms in total. The first-order valence-electron chi connectivity index (χ1n) is 4.12. The summed E-state index contributed by atoms with van der Waals surface area (Å²) in [5, 5.41) is 1.07. The molecule has 0 aliphatic carbocycles. The van der Waals surface area contributed by atoms with Gasteiger partial charge in [0.2, 0.25) is 5.95 Å². The fourth-order valence-corrected chi connectivity index (χ4v) is 2.06. The fourth-order valence-electron chi connectivity index (χ4n) is 0.993. The van der Waals surface area contributed by atoms with Crippen LogP contribution in [0.1, 0.15) is 0 Å². The topological polar surface area (TPSA) is 64.7 Å². The molecule has 0 saturated carbocycles. The highest BCUT2D eigenvalue weighted by Crippen LogP contribution is 2.26. The van der Waals surface area contributed by atoms with E-state index in [1.807, 2.05) is 12.1 Å². The summed E-state index contributed by atoms with van der Waals surface area (Å²) in [5.74, 6) is 0.180. The van der Waals surface area contributed by atoms with Crippen molar-refractivity contribution in [3.05, 3.63) is 35.7 Å². The average Bonchev–Trinajstić information content (AvgIpc) is 2.17. The molecule has 0 fully saturated rings. The predicted molar refractivity (Wildman–Crippen MR) is 59.8 cm³/mol. The van der Waals surface area contributed by atoms with Crippen LogP contribution in [0.3, 0.4) is 0 Å². The number of anilines is 1. The summed E-state index contributed by atoms with van der Waals surface area (Å²) in [7, 11) is 0. The zero-order valence-electron chi connectivity index (χ0n) is 7.59. The highest BCUT2D eigenvalue weighted by atomic mass is 35.5. The Balaban J connectivity index is 2.25. The molecule has 15 heavy (non-hydrogen) atoms. The van der Waals surface area contributed by atoms with Crippen LogP contribution in [-0.4, -0.2) is 15.0 Å². The van der Waals surface area contributed by atoms with E-state index in [2.05, 4.69) is 15.0 Å². The van der Waals surface area contributed by atoms with Crippen molar-refractivity contribution in [2.75, 3.05) is 5.73 Å². The standard InChI is InChI=1S/C9H7ClN4S/c10-7-5-8(14-9(11)13-7)15-6-1-3-12-4-2-6/h1-5H,(H2,11,13,14). The van der Waals surface area contributed by atoms with Crippen molar-refractivity contribution < 1.29 is 0 Å². The Kier molecular flexibility index (Phi) is 3.03. The molecule has 0 aliphatic rings. The van der Waals surface area contributed by atoms with Gasteiger partial charge in [-0.3, -0.25) is 4.98 Å². The third-order valence-electron chi connectivity index (χ3n) is 1.56. The van der Waals surface area contributed by atoms with Crippen LogP contribution >= 0.6 is 23.4 Å². The summed E-state index contributed by atoms with van der Waals surface area (Å²) in [6.07, 6.45) is 3.43. The first-order valence-corrected chi connectivity index (χ1v) is 5.31. The Morgan fingerprint density at radius 1 is 1.20 bits per heavy atom. The number of aromatic nitrogens is 3. The third kappa shape index (κ3) is 2.81. The van der Waals surface area contributed by atoms with Crippen LogP contribution < -0.4 is 5.73 Å². The Morgan fingerprint density at radius 3 is 2.60 bits per heavy atom. The number of pyridine rings is 1. The van der Waals surface area contributed by atoms with Crippen molar-refractivity contribution in [2.45, 2.75) is 9.92 Å². The van der Waals surface area contributed by atoms with Crippen LogP contribution in [-0.2, 0) is 0 Å². The van der Waals surface area contributed by atoms with Gasteiger partial charge in [0.05, 0.1) is 0 Å². The summed E-state index contributed by atoms with van der Waals surface area (Å²) >= 11 is 7.22. The highest BCUT2D eigenvalue weighted by Gasteiger charge is 2.02. The molecule has 0 unspecified atom stereocenters. The van der Waals surface area contributed by atoms with Crippen LogP contribution in [0.25, 0.3) is 0 Å². The summed E-state index contributed by atoms with van der Waals surface area (Å²) in [5.41, 5.74) is 5.48. The van der Waals surface area contributed by atoms with E-state index >= 15 is 0 Å². The largest absolute Gasteiger partial charge is 0.368 e. The minimum atomic E-state index is 0.180. The molecule has 0 radical (unpaired) electrons. The number of rotatable bonds is 2. The maximum absolute atomic E-state index is 5.76. The van der Waals surface area contributed by atoms with Crippen molar-refractivity contribution in [2.24, 2.45) is 0 Å². The van der Waals surface area contributed by atoms with Gasteiger partial charge >= 0.3 is 0 Å². The van der Waals surface area contributed by atoms with E-state index in [4.69, 9.17) is 17.3 Å². The van der Waals surface area contributed by atoms with Crippen LogP contribution in [0.5, 0.6) is 0 Å². The number of nitrogen functional groups attached to an aromatic ring is 1. The molecule has 6 heteroatoms. The molecular weight excluding hydrogens is 232 g/mol. The van der Waals surface area contributed by atoms with Crippen LogP contribution in [0.2, 0.25) is 5.15 Å². The first kappa shape index (κ1) is 10.2. The smallest absolute Gasteiger partial charge is 0.222 e. The minimum Gasteiger partial charge on any atom is -0.368 e. The second-order valence-corrected chi connectivity index (χ2v) is 4.15. The van der Waals surface area contributed by atoms with Gasteiger partial charge in [0.1, 0.15) is 10.2 Å². The van der Waals surface area contributed by atoms with Gasteiger partial charge in [0.25, 0.3) is 0 Å². The molecule has 0 aromatic carbocycles. The van der Waals surface area contributed by atoms with Gasteiger partial charge in [-0.05, 0) is 12.1 Å². The Hall–Kier alpha value is -1.33. The summed E-state index contributed by atoms with van der Waals surface area (Å²) < 4.78 is 0. The van der Waals surface area contributed by atoms with Crippen LogP contribution in [0, 0.1) is 0 Å². The molecule has 76 valence electrons. The predicted octanol–water partition coefficient (Wildman–Crippen LogP) is 2.26. The van der Waals surface area contributed by atoms with Gasteiger partial charge in [-0.2, -0.15) is 0 Å². The Morgan fingerprint density at radius 2 is 1.93 bits per heavy atom. The maximum Gasteiger partial charge on any atom is 0.222 e. The number of halogens is 1. The third-order valence-corrected chi connectivity index (χ3v) is 2.68. The molecule has 2 aromatic rings. The van der Waals surface area contributed by atoms with Crippen molar-refractivity contribution in [1.29, 1.82) is 0 Å². The Labute approximate surface area is 95.9 Å². The lowest BCUT2D eigenvalue weighted by atomic mass is 10.5. The molecule has 2 rings (SSSR count). The number of hydrogen-bond donors (Lipinski definition) is 1. The van der Waals surface area contributed by atoms with E-state index in [1.165, 1.54) is 11.8 Å². The van der Waals surface area contributed by atoms with E-state index in [0.717, 1.165) is 9.92 Å². The monoisotopic (exact) mass is 238 g/mol. The van der Waals surface area contributed by atoms with Gasteiger partial charge in [-0.1, -0.05) is 23.4 Å². The molecule has 0 atom stereocenters. The average molecular weight is 239 g/mol.